The average Bonchev–Trinajstić information content (AvgIpc) is 3.11. The highest BCUT2D eigenvalue weighted by molar-refractivity contribution is 8.00. The fourth-order valence-electron chi connectivity index (χ4n) is 2.39. The smallest absolute Gasteiger partial charge is 0.196 e. The summed E-state index contributed by atoms with van der Waals surface area (Å²) in [6.45, 7) is 1.68. The number of hydrogen-bond acceptors (Lipinski definition) is 5. The van der Waals surface area contributed by atoms with E-state index in [-0.39, 0.29) is 11.3 Å². The van der Waals surface area contributed by atoms with Gasteiger partial charge in [-0.15, -0.1) is 10.2 Å². The molecule has 3 aromatic rings. The summed E-state index contributed by atoms with van der Waals surface area (Å²) < 4.78 is 33.5. The Labute approximate surface area is 153 Å². The van der Waals surface area contributed by atoms with Gasteiger partial charge in [-0.05, 0) is 37.3 Å². The Morgan fingerprint density at radius 1 is 1.19 bits per heavy atom. The van der Waals surface area contributed by atoms with Crippen LogP contribution in [0.4, 0.5) is 8.78 Å². The lowest BCUT2D eigenvalue weighted by molar-refractivity contribution is 0.0993. The molecule has 5 nitrogen and oxygen atoms in total. The molecule has 0 bridgehead atoms. The first-order valence-electron chi connectivity index (χ1n) is 7.70. The van der Waals surface area contributed by atoms with Crippen molar-refractivity contribution < 1.29 is 18.3 Å². The van der Waals surface area contributed by atoms with Gasteiger partial charge in [0.15, 0.2) is 22.6 Å². The van der Waals surface area contributed by atoms with E-state index in [0.29, 0.717) is 10.9 Å². The third-order valence-corrected chi connectivity index (χ3v) is 4.77. The minimum absolute atomic E-state index is 0.104. The summed E-state index contributed by atoms with van der Waals surface area (Å²) in [6.07, 6.45) is 1.52. The van der Waals surface area contributed by atoms with Crippen molar-refractivity contribution in [2.75, 3.05) is 7.11 Å². The molecule has 0 aliphatic rings. The highest BCUT2D eigenvalue weighted by Crippen LogP contribution is 2.29. The quantitative estimate of drug-likeness (QED) is 0.483. The minimum atomic E-state index is -1.05. The van der Waals surface area contributed by atoms with Gasteiger partial charge in [-0.3, -0.25) is 9.36 Å². The Kier molecular flexibility index (Phi) is 5.32. The molecule has 0 spiro atoms. The van der Waals surface area contributed by atoms with Gasteiger partial charge in [0.2, 0.25) is 0 Å². The first-order valence-corrected chi connectivity index (χ1v) is 8.58. The molecule has 0 saturated heterocycles. The fourth-order valence-corrected chi connectivity index (χ4v) is 3.31. The largest absolute Gasteiger partial charge is 0.495 e. The summed E-state index contributed by atoms with van der Waals surface area (Å²) in [6, 6.07) is 10.4. The van der Waals surface area contributed by atoms with Crippen LogP contribution in [0.25, 0.3) is 5.69 Å². The van der Waals surface area contributed by atoms with Gasteiger partial charge >= 0.3 is 0 Å². The molecule has 0 aliphatic carbocycles. The van der Waals surface area contributed by atoms with Gasteiger partial charge in [-0.25, -0.2) is 8.78 Å². The van der Waals surface area contributed by atoms with E-state index in [9.17, 15) is 13.6 Å². The second-order valence-corrected chi connectivity index (χ2v) is 6.72. The number of halogens is 2. The van der Waals surface area contributed by atoms with Gasteiger partial charge in [0.05, 0.1) is 18.0 Å². The number of methoxy groups -OCH3 is 1. The fraction of sp³-hybridized carbons (Fsp3) is 0.167. The van der Waals surface area contributed by atoms with E-state index < -0.39 is 16.9 Å². The van der Waals surface area contributed by atoms with E-state index in [1.165, 1.54) is 24.2 Å². The number of hydrogen-bond donors (Lipinski definition) is 0. The maximum atomic E-state index is 13.4. The van der Waals surface area contributed by atoms with Gasteiger partial charge in [-0.2, -0.15) is 0 Å². The van der Waals surface area contributed by atoms with Crippen LogP contribution >= 0.6 is 11.8 Å². The number of aromatic nitrogens is 3. The molecule has 1 aromatic heterocycles. The normalized spacial score (nSPS) is 12.0. The summed E-state index contributed by atoms with van der Waals surface area (Å²) in [5.41, 5.74) is 0.835. The van der Waals surface area contributed by atoms with E-state index in [4.69, 9.17) is 4.74 Å². The average molecular weight is 375 g/mol. The predicted octanol–water partition coefficient (Wildman–Crippen LogP) is 3.92. The molecule has 1 unspecified atom stereocenters. The SMILES string of the molecule is COc1ccccc1-n1cnnc1SC(C)C(=O)c1ccc(F)c(F)c1. The van der Waals surface area contributed by atoms with E-state index in [1.54, 1.807) is 24.7 Å². The molecular formula is C18H15F2N3O2S. The summed E-state index contributed by atoms with van der Waals surface area (Å²) in [7, 11) is 1.56. The van der Waals surface area contributed by atoms with Crippen molar-refractivity contribution in [2.24, 2.45) is 0 Å². The van der Waals surface area contributed by atoms with Crippen molar-refractivity contribution >= 4 is 17.5 Å². The lowest BCUT2D eigenvalue weighted by Crippen LogP contribution is -2.15. The second kappa shape index (κ2) is 7.65. The van der Waals surface area contributed by atoms with Gasteiger partial charge < -0.3 is 4.74 Å². The molecule has 1 heterocycles. The van der Waals surface area contributed by atoms with Crippen molar-refractivity contribution in [2.45, 2.75) is 17.3 Å². The van der Waals surface area contributed by atoms with Gasteiger partial charge in [-0.1, -0.05) is 23.9 Å². The third kappa shape index (κ3) is 3.60. The molecule has 26 heavy (non-hydrogen) atoms. The summed E-state index contributed by atoms with van der Waals surface area (Å²) >= 11 is 1.17. The first-order chi connectivity index (χ1) is 12.5. The van der Waals surface area contributed by atoms with E-state index >= 15 is 0 Å². The lowest BCUT2D eigenvalue weighted by Gasteiger charge is -2.13. The Morgan fingerprint density at radius 3 is 2.69 bits per heavy atom. The topological polar surface area (TPSA) is 57.0 Å². The Bertz CT molecular complexity index is 946. The molecule has 0 aliphatic heterocycles. The van der Waals surface area contributed by atoms with Crippen LogP contribution in [0.5, 0.6) is 5.75 Å². The Balaban J connectivity index is 1.84. The third-order valence-electron chi connectivity index (χ3n) is 3.72. The summed E-state index contributed by atoms with van der Waals surface area (Å²) in [4.78, 5) is 12.5. The number of benzene rings is 2. The number of thioether (sulfide) groups is 1. The number of para-hydroxylation sites is 2. The Morgan fingerprint density at radius 2 is 1.96 bits per heavy atom. The molecule has 0 N–H and O–H groups in total. The highest BCUT2D eigenvalue weighted by Gasteiger charge is 2.21. The van der Waals surface area contributed by atoms with E-state index in [2.05, 4.69) is 10.2 Å². The number of ether oxygens (including phenoxy) is 1. The minimum Gasteiger partial charge on any atom is -0.495 e. The van der Waals surface area contributed by atoms with Gasteiger partial charge in [0.25, 0.3) is 0 Å². The molecule has 0 radical (unpaired) electrons. The van der Waals surface area contributed by atoms with Crippen molar-refractivity contribution in [3.05, 3.63) is 66.0 Å². The maximum Gasteiger partial charge on any atom is 0.196 e. The van der Waals surface area contributed by atoms with Gasteiger partial charge in [0.1, 0.15) is 12.1 Å². The lowest BCUT2D eigenvalue weighted by atomic mass is 10.1. The number of carbonyl (C=O) groups is 1. The van der Waals surface area contributed by atoms with Crippen molar-refractivity contribution in [1.29, 1.82) is 0 Å². The van der Waals surface area contributed by atoms with Crippen LogP contribution in [0.1, 0.15) is 17.3 Å². The Hall–Kier alpha value is -2.74. The molecule has 1 atom stereocenters. The number of nitrogens with zero attached hydrogens (tertiary/aromatic N) is 3. The van der Waals surface area contributed by atoms with Crippen LogP contribution in [0, 0.1) is 11.6 Å². The number of ketones is 1. The van der Waals surface area contributed by atoms with Crippen LogP contribution in [0.2, 0.25) is 0 Å². The van der Waals surface area contributed by atoms with Crippen LogP contribution in [0.15, 0.2) is 53.9 Å². The van der Waals surface area contributed by atoms with Crippen molar-refractivity contribution in [1.82, 2.24) is 14.8 Å². The van der Waals surface area contributed by atoms with E-state index in [1.807, 2.05) is 18.2 Å². The second-order valence-electron chi connectivity index (χ2n) is 5.41. The highest BCUT2D eigenvalue weighted by atomic mass is 32.2. The zero-order chi connectivity index (χ0) is 18.7. The number of carbonyl (C=O) groups excluding carboxylic acids is 1. The molecule has 3 rings (SSSR count). The maximum absolute atomic E-state index is 13.4. The molecule has 2 aromatic carbocycles. The van der Waals surface area contributed by atoms with Crippen molar-refractivity contribution in [3.63, 3.8) is 0 Å². The molecular weight excluding hydrogens is 360 g/mol. The summed E-state index contributed by atoms with van der Waals surface area (Å²) in [5, 5.41) is 7.86. The zero-order valence-electron chi connectivity index (χ0n) is 14.0. The molecule has 134 valence electrons. The number of Topliss-reactive ketones (excluding diaryl/α,β-unsaturated/α-hetero) is 1. The van der Waals surface area contributed by atoms with Gasteiger partial charge in [0, 0.05) is 5.56 Å². The van der Waals surface area contributed by atoms with E-state index in [0.717, 1.165) is 17.8 Å². The summed E-state index contributed by atoms with van der Waals surface area (Å²) in [5.74, 6) is -1.74. The molecule has 8 heteroatoms. The monoisotopic (exact) mass is 375 g/mol. The number of rotatable bonds is 6. The van der Waals surface area contributed by atoms with Crippen LogP contribution in [0.3, 0.4) is 0 Å². The molecule has 0 fully saturated rings. The van der Waals surface area contributed by atoms with Crippen LogP contribution in [-0.4, -0.2) is 32.9 Å². The predicted molar refractivity (Wildman–Crippen MR) is 93.9 cm³/mol. The molecule has 0 amide bonds. The first kappa shape index (κ1) is 18.1. The van der Waals surface area contributed by atoms with Crippen LogP contribution in [-0.2, 0) is 0 Å². The van der Waals surface area contributed by atoms with Crippen molar-refractivity contribution in [3.8, 4) is 11.4 Å². The zero-order valence-corrected chi connectivity index (χ0v) is 14.8. The molecule has 0 saturated carbocycles. The standard InChI is InChI=1S/C18H15F2N3O2S/c1-11(17(24)12-7-8-13(19)14(20)9-12)26-18-22-21-10-23(18)15-5-3-4-6-16(15)25-2/h3-11H,1-2H3. The van der Waals surface area contributed by atoms with Crippen LogP contribution < -0.4 is 4.74 Å².